The van der Waals surface area contributed by atoms with E-state index in [1.165, 1.54) is 13.8 Å². The smallest absolute Gasteiger partial charge is 0.194 e. The second-order valence-electron chi connectivity index (χ2n) is 1.70. The van der Waals surface area contributed by atoms with Crippen LogP contribution < -0.4 is 0 Å². The fourth-order valence-electron chi connectivity index (χ4n) is 0.294. The summed E-state index contributed by atoms with van der Waals surface area (Å²) in [5.41, 5.74) is 0. The van der Waals surface area contributed by atoms with Gasteiger partial charge in [-0.1, -0.05) is 0 Å². The molecule has 1 N–H and O–H groups in total. The monoisotopic (exact) mass is 128 g/mol. The number of allylic oxidation sites excluding steroid dienone is 2. The molecule has 9 heavy (non-hydrogen) atoms. The van der Waals surface area contributed by atoms with E-state index in [0.717, 1.165) is 6.08 Å². The maximum absolute atomic E-state index is 10.2. The van der Waals surface area contributed by atoms with Gasteiger partial charge in [0.25, 0.3) is 0 Å². The molecule has 50 valence electrons. The average Bonchev–Trinajstić information content (AvgIpc) is 1.63. The number of rotatable bonds is 2. The Hall–Kier alpha value is -1.12. The predicted molar refractivity (Wildman–Crippen MR) is 32.1 cm³/mol. The van der Waals surface area contributed by atoms with Crippen molar-refractivity contribution in [3.63, 3.8) is 0 Å². The van der Waals surface area contributed by atoms with Crippen LogP contribution in [0.1, 0.15) is 13.8 Å². The van der Waals surface area contributed by atoms with Crippen LogP contribution in [0, 0.1) is 0 Å². The fourth-order valence-corrected chi connectivity index (χ4v) is 0.294. The molecule has 0 aliphatic rings. The van der Waals surface area contributed by atoms with E-state index in [0.29, 0.717) is 0 Å². The third-order valence-electron chi connectivity index (χ3n) is 0.701. The minimum Gasteiger partial charge on any atom is -0.504 e. The Balaban J connectivity index is 4.17. The lowest BCUT2D eigenvalue weighted by molar-refractivity contribution is -0.117. The van der Waals surface area contributed by atoms with Crippen LogP contribution in [0.4, 0.5) is 0 Å². The third-order valence-corrected chi connectivity index (χ3v) is 0.701. The number of carbonyl (C=O) groups is 2. The van der Waals surface area contributed by atoms with Gasteiger partial charge in [0, 0.05) is 13.0 Å². The molecule has 0 amide bonds. The first-order valence-corrected chi connectivity index (χ1v) is 2.46. The molecule has 0 rings (SSSR count). The van der Waals surface area contributed by atoms with Crippen LogP contribution in [-0.4, -0.2) is 16.7 Å². The number of Topliss-reactive ketones (excluding diaryl/α,β-unsaturated/α-hetero) is 1. The number of aliphatic hydroxyl groups is 1. The molecule has 0 aromatic rings. The van der Waals surface area contributed by atoms with Crippen LogP contribution in [0.5, 0.6) is 0 Å². The first-order valence-electron chi connectivity index (χ1n) is 2.46. The molecule has 0 atom stereocenters. The Bertz CT molecular complexity index is 167. The van der Waals surface area contributed by atoms with Crippen LogP contribution in [0.15, 0.2) is 11.8 Å². The van der Waals surface area contributed by atoms with Crippen molar-refractivity contribution < 1.29 is 14.7 Å². The van der Waals surface area contributed by atoms with Gasteiger partial charge in [0.15, 0.2) is 17.3 Å². The number of ketones is 2. The van der Waals surface area contributed by atoms with E-state index >= 15 is 0 Å². The molecule has 0 aromatic carbocycles. The van der Waals surface area contributed by atoms with Crippen molar-refractivity contribution >= 4 is 11.6 Å². The molecule has 0 radical (unpaired) electrons. The second kappa shape index (κ2) is 3.02. The van der Waals surface area contributed by atoms with Gasteiger partial charge < -0.3 is 5.11 Å². The standard InChI is InChI=1S/C6H8O3/c1-4(7)3-6(9)5(2)8/h3,9H,1-2H3. The Morgan fingerprint density at radius 1 is 1.33 bits per heavy atom. The molecule has 3 heteroatoms. The van der Waals surface area contributed by atoms with Gasteiger partial charge in [-0.3, -0.25) is 9.59 Å². The van der Waals surface area contributed by atoms with E-state index in [9.17, 15) is 9.59 Å². The lowest BCUT2D eigenvalue weighted by Crippen LogP contribution is -1.97. The Kier molecular flexibility index (Phi) is 2.64. The van der Waals surface area contributed by atoms with Crippen LogP contribution in [0.3, 0.4) is 0 Å². The van der Waals surface area contributed by atoms with Gasteiger partial charge in [0.2, 0.25) is 0 Å². The van der Waals surface area contributed by atoms with Crippen molar-refractivity contribution in [1.82, 2.24) is 0 Å². The number of hydrogen-bond donors (Lipinski definition) is 1. The molecule has 0 heterocycles. The molecule has 0 aromatic heterocycles. The van der Waals surface area contributed by atoms with Gasteiger partial charge in [-0.05, 0) is 6.92 Å². The number of hydrogen-bond acceptors (Lipinski definition) is 3. The molecular weight excluding hydrogens is 120 g/mol. The highest BCUT2D eigenvalue weighted by atomic mass is 16.3. The lowest BCUT2D eigenvalue weighted by Gasteiger charge is -1.87. The van der Waals surface area contributed by atoms with Crippen LogP contribution in [0.25, 0.3) is 0 Å². The Labute approximate surface area is 53.0 Å². The summed E-state index contributed by atoms with van der Waals surface area (Å²) in [6.45, 7) is 2.45. The van der Waals surface area contributed by atoms with Crippen LogP contribution in [-0.2, 0) is 9.59 Å². The summed E-state index contributed by atoms with van der Waals surface area (Å²) in [4.78, 5) is 20.4. The predicted octanol–water partition coefficient (Wildman–Crippen LogP) is 0.606. The van der Waals surface area contributed by atoms with Gasteiger partial charge in [0.1, 0.15) is 0 Å². The lowest BCUT2D eigenvalue weighted by atomic mass is 10.3. The minimum atomic E-state index is -0.495. The van der Waals surface area contributed by atoms with Crippen molar-refractivity contribution in [2.24, 2.45) is 0 Å². The van der Waals surface area contributed by atoms with Gasteiger partial charge in [-0.15, -0.1) is 0 Å². The largest absolute Gasteiger partial charge is 0.504 e. The molecule has 0 bridgehead atoms. The maximum atomic E-state index is 10.2. The molecular formula is C6H8O3. The van der Waals surface area contributed by atoms with E-state index in [-0.39, 0.29) is 5.78 Å². The molecule has 3 nitrogen and oxygen atoms in total. The Morgan fingerprint density at radius 3 is 1.89 bits per heavy atom. The Morgan fingerprint density at radius 2 is 1.78 bits per heavy atom. The number of carbonyl (C=O) groups excluding carboxylic acids is 2. The minimum absolute atomic E-state index is 0.331. The first-order chi connectivity index (χ1) is 4.04. The molecule has 0 saturated carbocycles. The highest BCUT2D eigenvalue weighted by molar-refractivity contribution is 5.98. The third kappa shape index (κ3) is 3.46. The van der Waals surface area contributed by atoms with E-state index < -0.39 is 11.5 Å². The van der Waals surface area contributed by atoms with Gasteiger partial charge in [-0.2, -0.15) is 0 Å². The zero-order valence-corrected chi connectivity index (χ0v) is 5.34. The molecule has 0 saturated heterocycles. The summed E-state index contributed by atoms with van der Waals surface area (Å²) < 4.78 is 0. The fraction of sp³-hybridized carbons (Fsp3) is 0.333. The zero-order valence-electron chi connectivity index (χ0n) is 5.34. The summed E-state index contributed by atoms with van der Waals surface area (Å²) >= 11 is 0. The van der Waals surface area contributed by atoms with Crippen LogP contribution >= 0.6 is 0 Å². The first kappa shape index (κ1) is 7.88. The van der Waals surface area contributed by atoms with E-state index in [4.69, 9.17) is 5.11 Å². The van der Waals surface area contributed by atoms with Gasteiger partial charge in [0.05, 0.1) is 0 Å². The van der Waals surface area contributed by atoms with E-state index in [1.807, 2.05) is 0 Å². The topological polar surface area (TPSA) is 54.4 Å². The summed E-state index contributed by atoms with van der Waals surface area (Å²) in [5, 5.41) is 8.59. The molecule has 0 unspecified atom stereocenters. The van der Waals surface area contributed by atoms with Crippen molar-refractivity contribution in [1.29, 1.82) is 0 Å². The quantitative estimate of drug-likeness (QED) is 0.437. The van der Waals surface area contributed by atoms with Gasteiger partial charge in [-0.25, -0.2) is 0 Å². The van der Waals surface area contributed by atoms with Crippen molar-refractivity contribution in [3.8, 4) is 0 Å². The highest BCUT2D eigenvalue weighted by Gasteiger charge is 1.99. The zero-order chi connectivity index (χ0) is 7.44. The van der Waals surface area contributed by atoms with Crippen molar-refractivity contribution in [3.05, 3.63) is 11.8 Å². The maximum Gasteiger partial charge on any atom is 0.194 e. The van der Waals surface area contributed by atoms with Crippen molar-refractivity contribution in [2.45, 2.75) is 13.8 Å². The SMILES string of the molecule is CC(=O)C=C(O)C(C)=O. The molecule has 0 aliphatic carbocycles. The summed E-state index contributed by atoms with van der Waals surface area (Å²) in [6.07, 6.45) is 0.891. The highest BCUT2D eigenvalue weighted by Crippen LogP contribution is 1.88. The van der Waals surface area contributed by atoms with Crippen molar-refractivity contribution in [2.75, 3.05) is 0 Å². The van der Waals surface area contributed by atoms with Gasteiger partial charge >= 0.3 is 0 Å². The summed E-state index contributed by atoms with van der Waals surface area (Å²) in [5.74, 6) is -1.31. The molecule has 0 fully saturated rings. The molecule has 0 spiro atoms. The van der Waals surface area contributed by atoms with Crippen LogP contribution in [0.2, 0.25) is 0 Å². The second-order valence-corrected chi connectivity index (χ2v) is 1.70. The normalized spacial score (nSPS) is 11.1. The number of aliphatic hydroxyl groups excluding tert-OH is 1. The summed E-state index contributed by atoms with van der Waals surface area (Å²) in [7, 11) is 0. The average molecular weight is 128 g/mol. The molecule has 0 aliphatic heterocycles. The van der Waals surface area contributed by atoms with E-state index in [2.05, 4.69) is 0 Å². The van der Waals surface area contributed by atoms with E-state index in [1.54, 1.807) is 0 Å². The summed E-state index contributed by atoms with van der Waals surface area (Å²) in [6, 6.07) is 0.